The fourth-order valence-corrected chi connectivity index (χ4v) is 6.60. The predicted molar refractivity (Wildman–Crippen MR) is 163 cm³/mol. The number of anilines is 1. The van der Waals surface area contributed by atoms with Gasteiger partial charge in [-0.15, -0.1) is 0 Å². The molecule has 6 nitrogen and oxygen atoms in total. The number of amides is 4. The molecule has 264 valence electrons. The Labute approximate surface area is 283 Å². The first-order valence-electron chi connectivity index (χ1n) is 15.0. The maximum absolute atomic E-state index is 14.9. The molecule has 0 saturated carbocycles. The summed E-state index contributed by atoms with van der Waals surface area (Å²) in [5.41, 5.74) is -12.0. The molecule has 4 amide bonds. The number of hydrogen-bond donors (Lipinski definition) is 0. The number of aryl methyl sites for hydroxylation is 1. The lowest BCUT2D eigenvalue weighted by Gasteiger charge is -2.38. The zero-order valence-corrected chi connectivity index (χ0v) is 26.5. The zero-order chi connectivity index (χ0) is 37.6. The van der Waals surface area contributed by atoms with Crippen LogP contribution in [-0.4, -0.2) is 54.1 Å². The number of rotatable bonds is 5. The lowest BCUT2D eigenvalue weighted by molar-refractivity contribution is -0.288. The average molecular weight is 719 g/mol. The third-order valence-electron chi connectivity index (χ3n) is 9.59. The van der Waals surface area contributed by atoms with Crippen molar-refractivity contribution >= 4 is 29.3 Å². The van der Waals surface area contributed by atoms with Gasteiger partial charge in [0.25, 0.3) is 23.6 Å². The molecular formula is C36H23F9N2O4. The van der Waals surface area contributed by atoms with Gasteiger partial charge in [0.1, 0.15) is 5.41 Å². The highest BCUT2D eigenvalue weighted by Gasteiger charge is 2.72. The highest BCUT2D eigenvalue weighted by atomic mass is 19.4. The van der Waals surface area contributed by atoms with Crippen LogP contribution in [0.5, 0.6) is 0 Å². The van der Waals surface area contributed by atoms with E-state index in [1.54, 1.807) is 0 Å². The number of imide groups is 2. The molecule has 2 aliphatic rings. The van der Waals surface area contributed by atoms with Gasteiger partial charge in [-0.2, -0.15) is 39.5 Å². The van der Waals surface area contributed by atoms with Crippen LogP contribution in [-0.2, 0) is 10.8 Å². The fraction of sp³-hybridized carbons (Fsp3) is 0.222. The maximum atomic E-state index is 14.9. The average Bonchev–Trinajstić information content (AvgIpc) is 3.43. The Morgan fingerprint density at radius 1 is 0.471 bits per heavy atom. The van der Waals surface area contributed by atoms with Crippen LogP contribution in [0.2, 0.25) is 0 Å². The third kappa shape index (κ3) is 4.95. The van der Waals surface area contributed by atoms with E-state index in [0.29, 0.717) is 34.7 Å². The normalized spacial score (nSPS) is 16.5. The van der Waals surface area contributed by atoms with E-state index in [4.69, 9.17) is 0 Å². The molecule has 2 heterocycles. The number of halogens is 9. The molecule has 0 aliphatic carbocycles. The molecule has 1 atom stereocenters. The summed E-state index contributed by atoms with van der Waals surface area (Å²) in [4.78, 5) is 53.0. The van der Waals surface area contributed by atoms with Crippen molar-refractivity contribution in [2.75, 3.05) is 11.9 Å². The Morgan fingerprint density at radius 3 is 1.29 bits per heavy atom. The van der Waals surface area contributed by atoms with Crippen LogP contribution in [0, 0.1) is 6.92 Å². The van der Waals surface area contributed by atoms with Gasteiger partial charge in [-0.3, -0.25) is 24.1 Å². The molecule has 15 heteroatoms. The van der Waals surface area contributed by atoms with Gasteiger partial charge in [0.15, 0.2) is 0 Å². The molecule has 0 radical (unpaired) electrons. The number of fused-ring (bicyclic) bond motifs is 2. The van der Waals surface area contributed by atoms with Crippen LogP contribution >= 0.6 is 0 Å². The Kier molecular flexibility index (Phi) is 7.81. The van der Waals surface area contributed by atoms with E-state index < -0.39 is 86.5 Å². The second kappa shape index (κ2) is 11.3. The van der Waals surface area contributed by atoms with Crippen LogP contribution in [0.15, 0.2) is 84.9 Å². The molecule has 4 aromatic rings. The number of nitrogens with zero attached hydrogens (tertiary/aromatic N) is 2. The largest absolute Gasteiger partial charge is 0.411 e. The van der Waals surface area contributed by atoms with E-state index in [0.717, 1.165) is 72.5 Å². The minimum absolute atomic E-state index is 0.103. The minimum atomic E-state index is -5.89. The Hall–Kier alpha value is -5.47. The van der Waals surface area contributed by atoms with Crippen molar-refractivity contribution in [2.24, 2.45) is 0 Å². The monoisotopic (exact) mass is 718 g/mol. The van der Waals surface area contributed by atoms with E-state index in [9.17, 15) is 58.7 Å². The number of carbonyl (C=O) groups excluding carboxylic acids is 4. The topological polar surface area (TPSA) is 74.8 Å². The predicted octanol–water partition coefficient (Wildman–Crippen LogP) is 8.30. The second-order valence-corrected chi connectivity index (χ2v) is 12.4. The molecule has 0 bridgehead atoms. The molecule has 1 unspecified atom stereocenters. The number of carbonyl (C=O) groups is 4. The number of hydrogen-bond acceptors (Lipinski definition) is 4. The van der Waals surface area contributed by atoms with Crippen molar-refractivity contribution in [1.82, 2.24) is 4.90 Å². The summed E-state index contributed by atoms with van der Waals surface area (Å²) in [6, 6.07) is 11.8. The first-order valence-corrected chi connectivity index (χ1v) is 15.0. The second-order valence-electron chi connectivity index (χ2n) is 12.4. The Bertz CT molecular complexity index is 2120. The SMILES string of the molecule is Cc1ccc(C(c2ccc(N3C(=O)c4ccc(C(C)(c5ccc6c(c5)C(=O)N(C)C6=O)C(F)(F)F)cc4C3=O)cc2)(C(F)(F)F)C(F)(F)F)cc1. The van der Waals surface area contributed by atoms with Crippen molar-refractivity contribution in [2.45, 2.75) is 43.2 Å². The molecule has 0 saturated heterocycles. The van der Waals surface area contributed by atoms with Crippen molar-refractivity contribution < 1.29 is 58.7 Å². The van der Waals surface area contributed by atoms with Gasteiger partial charge >= 0.3 is 18.5 Å². The van der Waals surface area contributed by atoms with Crippen molar-refractivity contribution in [3.05, 3.63) is 135 Å². The summed E-state index contributed by atoms with van der Waals surface area (Å²) >= 11 is 0. The smallest absolute Gasteiger partial charge is 0.277 e. The molecule has 4 aromatic carbocycles. The van der Waals surface area contributed by atoms with Gasteiger partial charge in [-0.05, 0) is 72.5 Å². The number of benzene rings is 4. The summed E-state index contributed by atoms with van der Waals surface area (Å²) in [6.07, 6.45) is -16.8. The summed E-state index contributed by atoms with van der Waals surface area (Å²) in [5, 5.41) is 0. The van der Waals surface area contributed by atoms with Crippen LogP contribution in [0.25, 0.3) is 0 Å². The summed E-state index contributed by atoms with van der Waals surface area (Å²) in [6.45, 7) is 2.26. The molecule has 6 rings (SSSR count). The van der Waals surface area contributed by atoms with Crippen molar-refractivity contribution in [3.63, 3.8) is 0 Å². The van der Waals surface area contributed by atoms with E-state index in [1.165, 1.54) is 14.0 Å². The maximum Gasteiger partial charge on any atom is 0.411 e. The molecular weight excluding hydrogens is 695 g/mol. The lowest BCUT2D eigenvalue weighted by Crippen LogP contribution is -2.54. The van der Waals surface area contributed by atoms with E-state index in [1.807, 2.05) is 0 Å². The van der Waals surface area contributed by atoms with Crippen LogP contribution < -0.4 is 4.90 Å². The molecule has 51 heavy (non-hydrogen) atoms. The third-order valence-corrected chi connectivity index (χ3v) is 9.59. The molecule has 0 spiro atoms. The van der Waals surface area contributed by atoms with E-state index in [-0.39, 0.29) is 16.7 Å². The van der Waals surface area contributed by atoms with Crippen LogP contribution in [0.1, 0.15) is 76.2 Å². The van der Waals surface area contributed by atoms with Gasteiger partial charge in [0.05, 0.1) is 27.9 Å². The van der Waals surface area contributed by atoms with E-state index in [2.05, 4.69) is 0 Å². The van der Waals surface area contributed by atoms with Crippen LogP contribution in [0.3, 0.4) is 0 Å². The van der Waals surface area contributed by atoms with Gasteiger partial charge in [0, 0.05) is 7.05 Å². The minimum Gasteiger partial charge on any atom is -0.277 e. The highest BCUT2D eigenvalue weighted by molar-refractivity contribution is 6.34. The van der Waals surface area contributed by atoms with Gasteiger partial charge in [-0.1, -0.05) is 54.1 Å². The first kappa shape index (κ1) is 35.4. The highest BCUT2D eigenvalue weighted by Crippen LogP contribution is 2.56. The van der Waals surface area contributed by atoms with Crippen molar-refractivity contribution in [3.8, 4) is 0 Å². The summed E-state index contributed by atoms with van der Waals surface area (Å²) in [7, 11) is 1.17. The van der Waals surface area contributed by atoms with E-state index >= 15 is 0 Å². The molecule has 2 aliphatic heterocycles. The fourth-order valence-electron chi connectivity index (χ4n) is 6.60. The Balaban J connectivity index is 1.41. The molecule has 0 aromatic heterocycles. The summed E-state index contributed by atoms with van der Waals surface area (Å²) in [5.74, 6) is -3.78. The quantitative estimate of drug-likeness (QED) is 0.154. The number of alkyl halides is 9. The molecule has 0 fully saturated rings. The standard InChI is InChI=1S/C36H23F9N2O4/c1-18-4-6-19(7-5-18)33(35(40,41)42,36(43,44)45)20-8-12-23(13-9-20)47-30(50)25-15-11-22(17-27(25)31(47)51)32(2,34(37,38)39)21-10-14-24-26(16-21)29(49)46(3)28(24)48/h4-17H,1-3H3. The Morgan fingerprint density at radius 2 is 0.843 bits per heavy atom. The van der Waals surface area contributed by atoms with Gasteiger partial charge in [-0.25, -0.2) is 4.90 Å². The zero-order valence-electron chi connectivity index (χ0n) is 26.5. The van der Waals surface area contributed by atoms with Crippen molar-refractivity contribution in [1.29, 1.82) is 0 Å². The summed E-state index contributed by atoms with van der Waals surface area (Å²) < 4.78 is 132. The molecule has 0 N–H and O–H groups in total. The lowest BCUT2D eigenvalue weighted by atomic mass is 9.72. The van der Waals surface area contributed by atoms with Crippen LogP contribution in [0.4, 0.5) is 45.2 Å². The van der Waals surface area contributed by atoms with Gasteiger partial charge in [0.2, 0.25) is 5.41 Å². The first-order chi connectivity index (χ1) is 23.6. The van der Waals surface area contributed by atoms with Gasteiger partial charge < -0.3 is 0 Å².